The molecule has 9 nitrogen and oxygen atoms in total. The van der Waals surface area contributed by atoms with E-state index in [-0.39, 0.29) is 37.1 Å². The van der Waals surface area contributed by atoms with Crippen molar-refractivity contribution in [1.29, 1.82) is 0 Å². The van der Waals surface area contributed by atoms with Gasteiger partial charge in [0.25, 0.3) is 5.91 Å². The maximum atomic E-state index is 14.2. The smallest absolute Gasteiger partial charge is 0.322 e. The summed E-state index contributed by atoms with van der Waals surface area (Å²) in [5, 5.41) is 16.7. The highest BCUT2D eigenvalue weighted by molar-refractivity contribution is 6.31. The number of aromatic nitrogens is 2. The Morgan fingerprint density at radius 1 is 1.42 bits per heavy atom. The fourth-order valence-corrected chi connectivity index (χ4v) is 3.95. The molecule has 2 N–H and O–H groups in total. The first-order valence-corrected chi connectivity index (χ1v) is 9.94. The van der Waals surface area contributed by atoms with Gasteiger partial charge < -0.3 is 15.3 Å². The van der Waals surface area contributed by atoms with Crippen molar-refractivity contribution in [2.24, 2.45) is 0 Å². The van der Waals surface area contributed by atoms with E-state index < -0.39 is 34.7 Å². The Morgan fingerprint density at radius 3 is 2.87 bits per heavy atom. The molecule has 166 valence electrons. The fraction of sp³-hybridized carbons (Fsp3) is 0.421. The number of carbonyl (C=O) groups is 2. The summed E-state index contributed by atoms with van der Waals surface area (Å²) < 4.78 is 29.1. The van der Waals surface area contributed by atoms with Crippen molar-refractivity contribution in [3.05, 3.63) is 45.7 Å². The van der Waals surface area contributed by atoms with E-state index in [9.17, 15) is 23.5 Å². The summed E-state index contributed by atoms with van der Waals surface area (Å²) in [7, 11) is 1.44. The Kier molecular flexibility index (Phi) is 5.58. The molecule has 2 aromatic rings. The normalized spacial score (nSPS) is 20.9. The molecular formula is C19H20ClF2N5O4. The lowest BCUT2D eigenvalue weighted by Gasteiger charge is -2.33. The van der Waals surface area contributed by atoms with Gasteiger partial charge in [-0.2, -0.15) is 5.10 Å². The molecule has 2 aliphatic rings. The third-order valence-corrected chi connectivity index (χ3v) is 5.74. The molecule has 1 aromatic heterocycles. The number of nitrogens with zero attached hydrogens (tertiary/aromatic N) is 4. The molecule has 0 spiro atoms. The summed E-state index contributed by atoms with van der Waals surface area (Å²) in [5.41, 5.74) is 1.25. The lowest BCUT2D eigenvalue weighted by atomic mass is 9.99. The monoisotopic (exact) mass is 455 g/mol. The van der Waals surface area contributed by atoms with Crippen molar-refractivity contribution in [3.8, 4) is 0 Å². The van der Waals surface area contributed by atoms with Crippen LogP contribution in [0.4, 0.5) is 19.3 Å². The Balaban J connectivity index is 1.63. The molecule has 0 bridgehead atoms. The van der Waals surface area contributed by atoms with Crippen LogP contribution < -0.4 is 5.32 Å². The van der Waals surface area contributed by atoms with Crippen LogP contribution in [-0.4, -0.2) is 62.6 Å². The third-order valence-electron chi connectivity index (χ3n) is 5.40. The van der Waals surface area contributed by atoms with Crippen molar-refractivity contribution in [1.82, 2.24) is 19.7 Å². The zero-order valence-electron chi connectivity index (χ0n) is 16.7. The van der Waals surface area contributed by atoms with E-state index in [1.165, 1.54) is 16.6 Å². The van der Waals surface area contributed by atoms with Gasteiger partial charge in [0.15, 0.2) is 5.82 Å². The van der Waals surface area contributed by atoms with Crippen LogP contribution in [0.15, 0.2) is 12.1 Å². The molecule has 1 aromatic carbocycles. The number of hydrogen-bond acceptors (Lipinski definition) is 5. The maximum absolute atomic E-state index is 14.2. The molecule has 0 saturated carbocycles. The van der Waals surface area contributed by atoms with Gasteiger partial charge in [-0.05, 0) is 19.1 Å². The van der Waals surface area contributed by atoms with E-state index in [0.29, 0.717) is 17.7 Å². The summed E-state index contributed by atoms with van der Waals surface area (Å²) in [6.45, 7) is 1.74. The van der Waals surface area contributed by atoms with Crippen molar-refractivity contribution >= 4 is 29.2 Å². The Morgan fingerprint density at radius 2 is 2.16 bits per heavy atom. The van der Waals surface area contributed by atoms with Crippen LogP contribution in [0, 0.1) is 11.6 Å². The summed E-state index contributed by atoms with van der Waals surface area (Å²) in [5.74, 6) is -2.44. The number of anilines is 1. The molecule has 0 unspecified atom stereocenters. The van der Waals surface area contributed by atoms with Gasteiger partial charge in [0, 0.05) is 25.1 Å². The van der Waals surface area contributed by atoms with Gasteiger partial charge >= 0.3 is 6.03 Å². The van der Waals surface area contributed by atoms with Crippen molar-refractivity contribution in [2.75, 3.05) is 19.0 Å². The number of nitrogens with one attached hydrogen (secondary N) is 1. The number of hydroxylamine groups is 2. The van der Waals surface area contributed by atoms with Crippen molar-refractivity contribution in [2.45, 2.75) is 38.6 Å². The molecule has 2 atom stereocenters. The van der Waals surface area contributed by atoms with Crippen LogP contribution in [0.5, 0.6) is 0 Å². The molecule has 0 fully saturated rings. The van der Waals surface area contributed by atoms with Crippen LogP contribution in [0.1, 0.15) is 28.7 Å². The average molecular weight is 456 g/mol. The molecule has 3 heterocycles. The number of amides is 3. The predicted octanol–water partition coefficient (Wildman–Crippen LogP) is 2.17. The molecule has 0 radical (unpaired) electrons. The number of rotatable bonds is 2. The molecule has 2 aliphatic heterocycles. The number of urea groups is 1. The van der Waals surface area contributed by atoms with Gasteiger partial charge in [0.2, 0.25) is 0 Å². The molecule has 0 saturated heterocycles. The van der Waals surface area contributed by atoms with Crippen LogP contribution in [-0.2, 0) is 24.3 Å². The van der Waals surface area contributed by atoms with E-state index >= 15 is 0 Å². The van der Waals surface area contributed by atoms with Gasteiger partial charge in [0.1, 0.15) is 22.6 Å². The zero-order valence-corrected chi connectivity index (χ0v) is 17.5. The molecule has 4 rings (SSSR count). The van der Waals surface area contributed by atoms with Gasteiger partial charge in [0.05, 0.1) is 31.1 Å². The highest BCUT2D eigenvalue weighted by Crippen LogP contribution is 2.30. The minimum absolute atomic E-state index is 0.0532. The van der Waals surface area contributed by atoms with Crippen LogP contribution >= 0.6 is 11.6 Å². The Labute approximate surface area is 181 Å². The lowest BCUT2D eigenvalue weighted by Crippen LogP contribution is -2.45. The first kappa shape index (κ1) is 21.5. The van der Waals surface area contributed by atoms with E-state index in [1.807, 2.05) is 0 Å². The number of benzene rings is 1. The SMILES string of the molecule is C[C@@H]1Cc2nn3c(c2CN1C(=O)Nc1ccc(F)c(Cl)c1F)C(=O)N(C)O[C@@H](CO)C3. The van der Waals surface area contributed by atoms with Gasteiger partial charge in [-0.1, -0.05) is 11.6 Å². The summed E-state index contributed by atoms with van der Waals surface area (Å²) in [6, 6.07) is 1.12. The number of aliphatic hydroxyl groups excluding tert-OH is 1. The van der Waals surface area contributed by atoms with Crippen LogP contribution in [0.2, 0.25) is 5.02 Å². The van der Waals surface area contributed by atoms with E-state index in [1.54, 1.807) is 6.92 Å². The second kappa shape index (κ2) is 8.06. The Bertz CT molecular complexity index is 1060. The predicted molar refractivity (Wildman–Crippen MR) is 105 cm³/mol. The van der Waals surface area contributed by atoms with Gasteiger partial charge in [-0.3, -0.25) is 14.3 Å². The summed E-state index contributed by atoms with van der Waals surface area (Å²) in [6.07, 6.45) is -0.267. The number of fused-ring (bicyclic) bond motifs is 3. The summed E-state index contributed by atoms with van der Waals surface area (Å²) in [4.78, 5) is 32.5. The molecule has 31 heavy (non-hydrogen) atoms. The highest BCUT2D eigenvalue weighted by atomic mass is 35.5. The first-order valence-electron chi connectivity index (χ1n) is 9.56. The maximum Gasteiger partial charge on any atom is 0.322 e. The van der Waals surface area contributed by atoms with E-state index in [0.717, 1.165) is 17.2 Å². The Hall–Kier alpha value is -2.76. The molecule has 0 aliphatic carbocycles. The number of halogens is 3. The molecule has 3 amide bonds. The van der Waals surface area contributed by atoms with Crippen LogP contribution in [0.25, 0.3) is 0 Å². The lowest BCUT2D eigenvalue weighted by molar-refractivity contribution is -0.159. The van der Waals surface area contributed by atoms with E-state index in [2.05, 4.69) is 10.4 Å². The third kappa shape index (κ3) is 3.73. The molecule has 12 heteroatoms. The molecular weight excluding hydrogens is 436 g/mol. The van der Waals surface area contributed by atoms with Gasteiger partial charge in [-0.15, -0.1) is 0 Å². The van der Waals surface area contributed by atoms with Crippen molar-refractivity contribution < 1.29 is 28.3 Å². The number of carbonyl (C=O) groups excluding carboxylic acids is 2. The van der Waals surface area contributed by atoms with Gasteiger partial charge in [-0.25, -0.2) is 18.6 Å². The fourth-order valence-electron chi connectivity index (χ4n) is 3.79. The zero-order chi connectivity index (χ0) is 22.4. The number of aliphatic hydroxyl groups is 1. The van der Waals surface area contributed by atoms with Crippen molar-refractivity contribution in [3.63, 3.8) is 0 Å². The summed E-state index contributed by atoms with van der Waals surface area (Å²) >= 11 is 5.58. The highest BCUT2D eigenvalue weighted by Gasteiger charge is 2.37. The average Bonchev–Trinajstić information content (AvgIpc) is 3.02. The first-order chi connectivity index (χ1) is 14.7. The quantitative estimate of drug-likeness (QED) is 0.676. The van der Waals surface area contributed by atoms with E-state index in [4.69, 9.17) is 16.4 Å². The minimum Gasteiger partial charge on any atom is -0.393 e. The second-order valence-electron chi connectivity index (χ2n) is 7.50. The number of hydrogen-bond donors (Lipinski definition) is 2. The standard InChI is InChI=1S/C19H20ClF2N5O4/c1-9-5-14-11(17-18(29)25(2)31-10(8-28)6-27(17)24-14)7-26(9)19(30)23-13-4-3-12(21)15(20)16(13)22/h3-4,9-10,28H,5-8H2,1-2H3,(H,23,30)/t9-,10-/m1/s1. The minimum atomic E-state index is -1.07. The van der Waals surface area contributed by atoms with Crippen LogP contribution in [0.3, 0.4) is 0 Å². The second-order valence-corrected chi connectivity index (χ2v) is 7.88. The largest absolute Gasteiger partial charge is 0.393 e. The topological polar surface area (TPSA) is 99.9 Å².